The van der Waals surface area contributed by atoms with Crippen LogP contribution in [0.1, 0.15) is 28.7 Å². The fourth-order valence-electron chi connectivity index (χ4n) is 2.61. The molecule has 2 N–H and O–H groups in total. The van der Waals surface area contributed by atoms with E-state index in [1.54, 1.807) is 36.4 Å². The van der Waals surface area contributed by atoms with Gasteiger partial charge in [-0.25, -0.2) is 9.78 Å². The molecule has 7 nitrogen and oxygen atoms in total. The van der Waals surface area contributed by atoms with Crippen molar-refractivity contribution < 1.29 is 14.3 Å². The molecular weight excluding hydrogens is 346 g/mol. The Morgan fingerprint density at radius 3 is 2.59 bits per heavy atom. The zero-order valence-electron chi connectivity index (χ0n) is 14.8. The number of aromatic nitrogens is 2. The molecule has 0 aliphatic rings. The fraction of sp³-hybridized carbons (Fsp3) is 0.200. The van der Waals surface area contributed by atoms with Crippen molar-refractivity contribution in [2.24, 2.45) is 0 Å². The summed E-state index contributed by atoms with van der Waals surface area (Å²) in [5.74, 6) is -0.284. The van der Waals surface area contributed by atoms with E-state index in [1.165, 1.54) is 6.92 Å². The molecule has 0 bridgehead atoms. The highest BCUT2D eigenvalue weighted by Crippen LogP contribution is 2.09. The molecule has 0 atom stereocenters. The van der Waals surface area contributed by atoms with Crippen LogP contribution in [-0.4, -0.2) is 28.4 Å². The average molecular weight is 365 g/mol. The second kappa shape index (κ2) is 8.27. The second-order valence-corrected chi connectivity index (χ2v) is 6.04. The van der Waals surface area contributed by atoms with Crippen LogP contribution in [-0.2, 0) is 22.6 Å². The first kappa shape index (κ1) is 18.3. The van der Waals surface area contributed by atoms with Crippen LogP contribution in [0.15, 0.2) is 53.3 Å². The van der Waals surface area contributed by atoms with E-state index in [0.717, 1.165) is 5.56 Å². The molecule has 138 valence electrons. The van der Waals surface area contributed by atoms with Gasteiger partial charge >= 0.3 is 5.97 Å². The predicted octanol–water partition coefficient (Wildman–Crippen LogP) is 1.96. The number of aromatic amines is 1. The van der Waals surface area contributed by atoms with Crippen molar-refractivity contribution in [1.82, 2.24) is 15.3 Å². The van der Waals surface area contributed by atoms with E-state index < -0.39 is 5.97 Å². The third kappa shape index (κ3) is 4.78. The molecule has 0 saturated heterocycles. The summed E-state index contributed by atoms with van der Waals surface area (Å²) in [6.45, 7) is 1.89. The molecule has 0 saturated carbocycles. The molecule has 0 spiro atoms. The number of amides is 1. The maximum absolute atomic E-state index is 12.2. The lowest BCUT2D eigenvalue weighted by atomic mass is 10.1. The summed E-state index contributed by atoms with van der Waals surface area (Å²) >= 11 is 0. The molecular formula is C20H19N3O4. The molecule has 3 aromatic rings. The summed E-state index contributed by atoms with van der Waals surface area (Å²) in [4.78, 5) is 42.0. The Labute approximate surface area is 155 Å². The van der Waals surface area contributed by atoms with Crippen LogP contribution < -0.4 is 10.9 Å². The van der Waals surface area contributed by atoms with Gasteiger partial charge in [0.15, 0.2) is 0 Å². The van der Waals surface area contributed by atoms with E-state index in [9.17, 15) is 14.4 Å². The highest BCUT2D eigenvalue weighted by atomic mass is 16.5. The minimum atomic E-state index is -0.501. The molecule has 0 fully saturated rings. The molecule has 27 heavy (non-hydrogen) atoms. The first-order valence-electron chi connectivity index (χ1n) is 8.51. The number of ether oxygens (including phenoxy) is 1. The quantitative estimate of drug-likeness (QED) is 0.650. The molecule has 1 amide bonds. The number of nitrogens with zero attached hydrogens (tertiary/aromatic N) is 1. The summed E-state index contributed by atoms with van der Waals surface area (Å²) in [6.07, 6.45) is 0.678. The van der Waals surface area contributed by atoms with Crippen molar-refractivity contribution in [2.75, 3.05) is 6.54 Å². The summed E-state index contributed by atoms with van der Waals surface area (Å²) < 4.78 is 5.24. The number of nitrogens with one attached hydrogen (secondary N) is 2. The van der Waals surface area contributed by atoms with Crippen LogP contribution in [0, 0.1) is 0 Å². The van der Waals surface area contributed by atoms with E-state index in [1.807, 2.05) is 12.1 Å². The minimum absolute atomic E-state index is 0.0736. The van der Waals surface area contributed by atoms with Crippen molar-refractivity contribution in [1.29, 1.82) is 0 Å². The molecule has 2 aromatic carbocycles. The Kier molecular flexibility index (Phi) is 5.61. The minimum Gasteiger partial charge on any atom is -0.454 e. The molecule has 0 aliphatic heterocycles. The molecule has 1 heterocycles. The van der Waals surface area contributed by atoms with Crippen molar-refractivity contribution in [3.63, 3.8) is 0 Å². The van der Waals surface area contributed by atoms with Crippen molar-refractivity contribution in [3.05, 3.63) is 75.8 Å². The first-order chi connectivity index (χ1) is 13.0. The molecule has 3 rings (SSSR count). The lowest BCUT2D eigenvalue weighted by Gasteiger charge is -2.07. The van der Waals surface area contributed by atoms with Gasteiger partial charge in [0, 0.05) is 13.5 Å². The van der Waals surface area contributed by atoms with Crippen LogP contribution in [0.2, 0.25) is 0 Å². The smallest absolute Gasteiger partial charge is 0.338 e. The summed E-state index contributed by atoms with van der Waals surface area (Å²) in [5.41, 5.74) is 1.69. The Morgan fingerprint density at radius 1 is 1.11 bits per heavy atom. The first-order valence-corrected chi connectivity index (χ1v) is 8.51. The zero-order chi connectivity index (χ0) is 19.2. The number of hydrogen-bond donors (Lipinski definition) is 2. The summed E-state index contributed by atoms with van der Waals surface area (Å²) in [7, 11) is 0. The van der Waals surface area contributed by atoms with Gasteiger partial charge in [-0.15, -0.1) is 0 Å². The Bertz CT molecular complexity index is 1030. The van der Waals surface area contributed by atoms with Gasteiger partial charge in [0.25, 0.3) is 5.56 Å². The largest absolute Gasteiger partial charge is 0.454 e. The zero-order valence-corrected chi connectivity index (χ0v) is 14.8. The average Bonchev–Trinajstić information content (AvgIpc) is 2.66. The lowest BCUT2D eigenvalue weighted by molar-refractivity contribution is -0.118. The SMILES string of the molecule is CC(=O)NCCc1ccc(C(=O)OCc2nc3ccccc3c(=O)[nH]2)cc1. The van der Waals surface area contributed by atoms with E-state index in [-0.39, 0.29) is 18.1 Å². The highest BCUT2D eigenvalue weighted by Gasteiger charge is 2.10. The van der Waals surface area contributed by atoms with Crippen LogP contribution in [0.4, 0.5) is 0 Å². The summed E-state index contributed by atoms with van der Waals surface area (Å²) in [6, 6.07) is 13.9. The molecule has 0 unspecified atom stereocenters. The third-order valence-electron chi connectivity index (χ3n) is 3.98. The lowest BCUT2D eigenvalue weighted by Crippen LogP contribution is -2.22. The van der Waals surface area contributed by atoms with E-state index in [4.69, 9.17) is 4.74 Å². The summed E-state index contributed by atoms with van der Waals surface area (Å²) in [5, 5.41) is 3.21. The van der Waals surface area contributed by atoms with Gasteiger partial charge in [0.05, 0.1) is 16.5 Å². The van der Waals surface area contributed by atoms with Crippen molar-refractivity contribution in [3.8, 4) is 0 Å². The number of benzene rings is 2. The van der Waals surface area contributed by atoms with Gasteiger partial charge in [0.1, 0.15) is 12.4 Å². The normalized spacial score (nSPS) is 10.6. The van der Waals surface area contributed by atoms with Gasteiger partial charge in [-0.1, -0.05) is 24.3 Å². The standard InChI is InChI=1S/C20H19N3O4/c1-13(24)21-11-10-14-6-8-15(9-7-14)20(26)27-12-18-22-17-5-3-2-4-16(17)19(25)23-18/h2-9H,10-12H2,1H3,(H,21,24)(H,22,23,25). The highest BCUT2D eigenvalue weighted by molar-refractivity contribution is 5.89. The number of hydrogen-bond acceptors (Lipinski definition) is 5. The molecule has 0 aliphatic carbocycles. The monoisotopic (exact) mass is 365 g/mol. The fourth-order valence-corrected chi connectivity index (χ4v) is 2.61. The number of fused-ring (bicyclic) bond motifs is 1. The predicted molar refractivity (Wildman–Crippen MR) is 100 cm³/mol. The molecule has 1 aromatic heterocycles. The number of carbonyl (C=O) groups excluding carboxylic acids is 2. The molecule has 0 radical (unpaired) electrons. The van der Waals surface area contributed by atoms with Crippen LogP contribution >= 0.6 is 0 Å². The van der Waals surface area contributed by atoms with Gasteiger partial charge in [-0.2, -0.15) is 0 Å². The van der Waals surface area contributed by atoms with E-state index >= 15 is 0 Å². The Morgan fingerprint density at radius 2 is 1.85 bits per heavy atom. The molecule has 7 heteroatoms. The Balaban J connectivity index is 1.60. The number of H-pyrrole nitrogens is 1. The topological polar surface area (TPSA) is 101 Å². The number of carbonyl (C=O) groups is 2. The van der Waals surface area contributed by atoms with Crippen LogP contribution in [0.5, 0.6) is 0 Å². The number of rotatable bonds is 6. The van der Waals surface area contributed by atoms with Crippen molar-refractivity contribution in [2.45, 2.75) is 20.0 Å². The number of para-hydroxylation sites is 1. The van der Waals surface area contributed by atoms with E-state index in [2.05, 4.69) is 15.3 Å². The van der Waals surface area contributed by atoms with Gasteiger partial charge < -0.3 is 15.0 Å². The van der Waals surface area contributed by atoms with E-state index in [0.29, 0.717) is 35.3 Å². The maximum Gasteiger partial charge on any atom is 0.338 e. The Hall–Kier alpha value is -3.48. The van der Waals surface area contributed by atoms with Crippen LogP contribution in [0.3, 0.4) is 0 Å². The number of esters is 1. The van der Waals surface area contributed by atoms with Gasteiger partial charge in [-0.3, -0.25) is 9.59 Å². The van der Waals surface area contributed by atoms with Gasteiger partial charge in [-0.05, 0) is 36.2 Å². The van der Waals surface area contributed by atoms with Crippen molar-refractivity contribution >= 4 is 22.8 Å². The van der Waals surface area contributed by atoms with Gasteiger partial charge in [0.2, 0.25) is 5.91 Å². The van der Waals surface area contributed by atoms with Crippen LogP contribution in [0.25, 0.3) is 10.9 Å². The third-order valence-corrected chi connectivity index (χ3v) is 3.98. The maximum atomic E-state index is 12.2. The second-order valence-electron chi connectivity index (χ2n) is 6.04.